The maximum absolute atomic E-state index is 13.8. The van der Waals surface area contributed by atoms with Gasteiger partial charge in [-0.2, -0.15) is 4.31 Å². The van der Waals surface area contributed by atoms with E-state index in [2.05, 4.69) is 4.98 Å². The fourth-order valence-electron chi connectivity index (χ4n) is 5.11. The molecule has 0 spiro atoms. The second kappa shape index (κ2) is 8.60. The van der Waals surface area contributed by atoms with Crippen molar-refractivity contribution in [2.24, 2.45) is 5.92 Å². The summed E-state index contributed by atoms with van der Waals surface area (Å²) >= 11 is 0. The molecule has 0 radical (unpaired) electrons. The van der Waals surface area contributed by atoms with Crippen molar-refractivity contribution >= 4 is 20.8 Å². The lowest BCUT2D eigenvalue weighted by atomic mass is 9.84. The molecular weight excluding hydrogens is 408 g/mol. The van der Waals surface area contributed by atoms with Gasteiger partial charge in [0.1, 0.15) is 12.4 Å². The lowest BCUT2D eigenvalue weighted by molar-refractivity contribution is 0.238. The Kier molecular flexibility index (Phi) is 5.67. The smallest absolute Gasteiger partial charge is 0.243 e. The highest BCUT2D eigenvalue weighted by molar-refractivity contribution is 7.89. The maximum Gasteiger partial charge on any atom is 0.243 e. The Labute approximate surface area is 184 Å². The van der Waals surface area contributed by atoms with E-state index in [1.165, 1.54) is 6.42 Å². The molecule has 3 aromatic rings. The number of ether oxygens (including phenoxy) is 1. The molecule has 2 atom stereocenters. The zero-order valence-electron chi connectivity index (χ0n) is 17.6. The molecule has 2 bridgehead atoms. The third-order valence-corrected chi connectivity index (χ3v) is 8.63. The minimum atomic E-state index is -3.59. The molecule has 1 saturated carbocycles. The first-order valence-corrected chi connectivity index (χ1v) is 12.6. The van der Waals surface area contributed by atoms with E-state index in [0.717, 1.165) is 48.4 Å². The monoisotopic (exact) mass is 436 g/mol. The van der Waals surface area contributed by atoms with Crippen LogP contribution in [0.3, 0.4) is 0 Å². The Bertz CT molecular complexity index is 1160. The van der Waals surface area contributed by atoms with Crippen molar-refractivity contribution in [2.45, 2.75) is 56.1 Å². The van der Waals surface area contributed by atoms with E-state index >= 15 is 0 Å². The number of sulfonamides is 1. The first kappa shape index (κ1) is 20.5. The SMILES string of the molecule is O=S(=O)(c1cc(OCc2ccncc2)c2ccccc2c1)N1CCCC2CCCC1C2. The molecule has 2 fully saturated rings. The van der Waals surface area contributed by atoms with Gasteiger partial charge < -0.3 is 4.74 Å². The fraction of sp³-hybridized carbons (Fsp3) is 0.400. The highest BCUT2D eigenvalue weighted by atomic mass is 32.2. The minimum Gasteiger partial charge on any atom is -0.488 e. The summed E-state index contributed by atoms with van der Waals surface area (Å²) in [5, 5.41) is 1.80. The summed E-state index contributed by atoms with van der Waals surface area (Å²) in [6, 6.07) is 15.3. The summed E-state index contributed by atoms with van der Waals surface area (Å²) in [5.74, 6) is 1.28. The second-order valence-corrected chi connectivity index (χ2v) is 10.6. The molecular formula is C25H28N2O3S. The first-order valence-electron chi connectivity index (χ1n) is 11.2. The Hall–Kier alpha value is -2.44. The summed E-state index contributed by atoms with van der Waals surface area (Å²) in [6.45, 7) is 0.980. The number of nitrogens with zero attached hydrogens (tertiary/aromatic N) is 2. The van der Waals surface area contributed by atoms with Crippen molar-refractivity contribution in [3.8, 4) is 5.75 Å². The molecule has 1 aliphatic carbocycles. The minimum absolute atomic E-state index is 0.124. The van der Waals surface area contributed by atoms with E-state index in [0.29, 0.717) is 29.7 Å². The van der Waals surface area contributed by atoms with Crippen LogP contribution >= 0.6 is 0 Å². The van der Waals surface area contributed by atoms with E-state index < -0.39 is 10.0 Å². The van der Waals surface area contributed by atoms with Crippen LogP contribution in [0.1, 0.15) is 44.1 Å². The number of pyridine rings is 1. The zero-order chi connectivity index (χ0) is 21.3. The molecule has 162 valence electrons. The van der Waals surface area contributed by atoms with Crippen molar-refractivity contribution in [1.82, 2.24) is 9.29 Å². The van der Waals surface area contributed by atoms with Crippen LogP contribution in [0.15, 0.2) is 65.8 Å². The van der Waals surface area contributed by atoms with Crippen LogP contribution in [0.25, 0.3) is 10.8 Å². The normalized spacial score (nSPS) is 22.2. The van der Waals surface area contributed by atoms with Crippen molar-refractivity contribution in [3.63, 3.8) is 0 Å². The van der Waals surface area contributed by atoms with Crippen LogP contribution in [0, 0.1) is 5.92 Å². The van der Waals surface area contributed by atoms with E-state index in [9.17, 15) is 8.42 Å². The van der Waals surface area contributed by atoms with Gasteiger partial charge in [0.05, 0.1) is 4.90 Å². The Morgan fingerprint density at radius 2 is 1.81 bits per heavy atom. The number of fused-ring (bicyclic) bond motifs is 3. The largest absolute Gasteiger partial charge is 0.488 e. The molecule has 2 aromatic carbocycles. The number of hydrogen-bond acceptors (Lipinski definition) is 4. The second-order valence-electron chi connectivity index (χ2n) is 8.73. The molecule has 2 unspecified atom stereocenters. The van der Waals surface area contributed by atoms with Crippen LogP contribution in [0.5, 0.6) is 5.75 Å². The van der Waals surface area contributed by atoms with E-state index in [1.807, 2.05) is 36.4 Å². The van der Waals surface area contributed by atoms with Gasteiger partial charge in [0, 0.05) is 36.4 Å². The average Bonchev–Trinajstić information content (AvgIpc) is 2.95. The first-order chi connectivity index (χ1) is 15.1. The quantitative estimate of drug-likeness (QED) is 0.554. The number of hydrogen-bond donors (Lipinski definition) is 0. The van der Waals surface area contributed by atoms with Crippen LogP contribution in [-0.4, -0.2) is 30.3 Å². The lowest BCUT2D eigenvalue weighted by Crippen LogP contribution is -2.41. The van der Waals surface area contributed by atoms with Crippen LogP contribution in [0.2, 0.25) is 0 Å². The van der Waals surface area contributed by atoms with Gasteiger partial charge >= 0.3 is 0 Å². The maximum atomic E-state index is 13.8. The van der Waals surface area contributed by atoms with Gasteiger partial charge in [0.15, 0.2) is 0 Å². The lowest BCUT2D eigenvalue weighted by Gasteiger charge is -2.33. The van der Waals surface area contributed by atoms with Crippen LogP contribution < -0.4 is 4.74 Å². The Balaban J connectivity index is 1.51. The van der Waals surface area contributed by atoms with Crippen molar-refractivity contribution < 1.29 is 13.2 Å². The summed E-state index contributed by atoms with van der Waals surface area (Å²) in [5.41, 5.74) is 0.994. The van der Waals surface area contributed by atoms with Crippen LogP contribution in [0.4, 0.5) is 0 Å². The van der Waals surface area contributed by atoms with E-state index in [4.69, 9.17) is 4.74 Å². The van der Waals surface area contributed by atoms with E-state index in [-0.39, 0.29) is 6.04 Å². The van der Waals surface area contributed by atoms with Crippen LogP contribution in [-0.2, 0) is 16.6 Å². The standard InChI is InChI=1S/C25H28N2O3S/c28-31(29,27-14-4-6-19-5-3-8-22(27)15-19)23-16-21-7-1-2-9-24(21)25(17-23)30-18-20-10-12-26-13-11-20/h1-2,7,9-13,16-17,19,22H,3-6,8,14-15,18H2. The number of benzene rings is 2. The molecule has 2 heterocycles. The predicted octanol–water partition coefficient (Wildman–Crippen LogP) is 5.16. The van der Waals surface area contributed by atoms with Gasteiger partial charge in [-0.25, -0.2) is 8.42 Å². The molecule has 2 aliphatic rings. The third-order valence-electron chi connectivity index (χ3n) is 6.70. The zero-order valence-corrected chi connectivity index (χ0v) is 18.4. The molecule has 1 aliphatic heterocycles. The van der Waals surface area contributed by atoms with Gasteiger partial charge in [0.25, 0.3) is 0 Å². The fourth-order valence-corrected chi connectivity index (χ4v) is 6.87. The van der Waals surface area contributed by atoms with Crippen molar-refractivity contribution in [3.05, 3.63) is 66.5 Å². The van der Waals surface area contributed by atoms with Crippen molar-refractivity contribution in [2.75, 3.05) is 6.54 Å². The highest BCUT2D eigenvalue weighted by Crippen LogP contribution is 2.38. The van der Waals surface area contributed by atoms with Gasteiger partial charge in [-0.05, 0) is 60.7 Å². The summed E-state index contributed by atoms with van der Waals surface area (Å²) in [6.07, 6.45) is 9.88. The molecule has 31 heavy (non-hydrogen) atoms. The van der Waals surface area contributed by atoms with E-state index in [1.54, 1.807) is 28.8 Å². The molecule has 1 aromatic heterocycles. The molecule has 1 saturated heterocycles. The number of rotatable bonds is 5. The molecule has 5 nitrogen and oxygen atoms in total. The third kappa shape index (κ3) is 4.19. The summed E-state index contributed by atoms with van der Waals surface area (Å²) < 4.78 is 35.4. The molecule has 5 rings (SSSR count). The Morgan fingerprint density at radius 3 is 2.68 bits per heavy atom. The summed E-state index contributed by atoms with van der Waals surface area (Å²) in [4.78, 5) is 4.37. The van der Waals surface area contributed by atoms with Gasteiger partial charge in [-0.1, -0.05) is 37.1 Å². The molecule has 0 N–H and O–H groups in total. The van der Waals surface area contributed by atoms with Crippen molar-refractivity contribution in [1.29, 1.82) is 0 Å². The highest BCUT2D eigenvalue weighted by Gasteiger charge is 2.37. The molecule has 0 amide bonds. The Morgan fingerprint density at radius 1 is 1.00 bits per heavy atom. The average molecular weight is 437 g/mol. The number of aromatic nitrogens is 1. The summed E-state index contributed by atoms with van der Waals surface area (Å²) in [7, 11) is -3.59. The van der Waals surface area contributed by atoms with Gasteiger partial charge in [-0.15, -0.1) is 0 Å². The van der Waals surface area contributed by atoms with Gasteiger partial charge in [-0.3, -0.25) is 4.98 Å². The van der Waals surface area contributed by atoms with Gasteiger partial charge in [0.2, 0.25) is 10.0 Å². The predicted molar refractivity (Wildman–Crippen MR) is 121 cm³/mol. The topological polar surface area (TPSA) is 59.5 Å². The molecule has 6 heteroatoms.